The number of carbonyl (C=O) groups excluding carboxylic acids is 1. The molecule has 0 radical (unpaired) electrons. The molecule has 3 aliphatic heterocycles. The Morgan fingerprint density at radius 1 is 0.330 bits per heavy atom. The highest BCUT2D eigenvalue weighted by atomic mass is 16.8. The predicted molar refractivity (Wildman–Crippen MR) is 425 cm³/mol. The van der Waals surface area contributed by atoms with Gasteiger partial charge in [-0.05, 0) is 19.3 Å². The molecule has 17 unspecified atom stereocenters. The van der Waals surface area contributed by atoms with Crippen LogP contribution >= 0.6 is 0 Å². The Labute approximate surface area is 646 Å². The molecule has 17 atom stereocenters. The van der Waals surface area contributed by atoms with E-state index in [1.165, 1.54) is 334 Å². The molecule has 3 heterocycles. The van der Waals surface area contributed by atoms with Gasteiger partial charge >= 0.3 is 0 Å². The zero-order valence-corrected chi connectivity index (χ0v) is 67.7. The van der Waals surface area contributed by atoms with Crippen LogP contribution in [-0.4, -0.2) is 193 Å². The molecule has 12 N–H and O–H groups in total. The second kappa shape index (κ2) is 68.0. The van der Waals surface area contributed by atoms with Gasteiger partial charge in [-0.25, -0.2) is 0 Å². The van der Waals surface area contributed by atoms with Gasteiger partial charge in [-0.2, -0.15) is 0 Å². The van der Waals surface area contributed by atoms with Crippen molar-refractivity contribution < 1.29 is 89.4 Å². The molecule has 0 aliphatic carbocycles. The maximum Gasteiger partial charge on any atom is 0.220 e. The number of rotatable bonds is 74. The van der Waals surface area contributed by atoms with Crippen LogP contribution in [0.1, 0.15) is 406 Å². The summed E-state index contributed by atoms with van der Waals surface area (Å²) >= 11 is 0. The number of hydrogen-bond acceptors (Lipinski definition) is 18. The number of allylic oxidation sites excluding steroid dienone is 1. The minimum Gasteiger partial charge on any atom is -0.394 e. The third kappa shape index (κ3) is 46.6. The highest BCUT2D eigenvalue weighted by Gasteiger charge is 2.54. The molecule has 0 aromatic heterocycles. The van der Waals surface area contributed by atoms with E-state index in [2.05, 4.69) is 19.2 Å². The van der Waals surface area contributed by atoms with Crippen LogP contribution in [0.25, 0.3) is 0 Å². The lowest BCUT2D eigenvalue weighted by Crippen LogP contribution is -2.66. The van der Waals surface area contributed by atoms with E-state index >= 15 is 0 Å². The Hall–Kier alpha value is -1.47. The maximum absolute atomic E-state index is 13.5. The van der Waals surface area contributed by atoms with E-state index in [-0.39, 0.29) is 18.9 Å². The second-order valence-electron chi connectivity index (χ2n) is 32.4. The average Bonchev–Trinajstić information content (AvgIpc) is 0.781. The van der Waals surface area contributed by atoms with Crippen molar-refractivity contribution in [2.24, 2.45) is 0 Å². The molecule has 1 amide bonds. The highest BCUT2D eigenvalue weighted by molar-refractivity contribution is 5.76. The van der Waals surface area contributed by atoms with Crippen LogP contribution in [0.3, 0.4) is 0 Å². The fourth-order valence-corrected chi connectivity index (χ4v) is 15.7. The van der Waals surface area contributed by atoms with E-state index in [1.807, 2.05) is 6.08 Å². The summed E-state index contributed by atoms with van der Waals surface area (Å²) in [6.45, 7) is 1.81. The van der Waals surface area contributed by atoms with Crippen molar-refractivity contribution in [2.45, 2.75) is 510 Å². The van der Waals surface area contributed by atoms with E-state index in [0.29, 0.717) is 6.42 Å². The quantitative estimate of drug-likeness (QED) is 0.0199. The normalized spacial score (nSPS) is 25.6. The zero-order chi connectivity index (χ0) is 76.7. The monoisotopic (exact) mass is 1510 g/mol. The average molecular weight is 1520 g/mol. The first-order valence-electron chi connectivity index (χ1n) is 44.9. The van der Waals surface area contributed by atoms with Crippen molar-refractivity contribution in [3.05, 3.63) is 12.2 Å². The van der Waals surface area contributed by atoms with Crippen LogP contribution in [0.2, 0.25) is 0 Å². The van der Waals surface area contributed by atoms with Crippen molar-refractivity contribution >= 4 is 5.91 Å². The molecule has 0 bridgehead atoms. The number of unbranched alkanes of at least 4 members (excludes halogenated alkanes) is 58. The molecule has 3 fully saturated rings. The lowest BCUT2D eigenvalue weighted by atomic mass is 9.96. The van der Waals surface area contributed by atoms with Gasteiger partial charge in [-0.15, -0.1) is 0 Å². The number of carbonyl (C=O) groups is 1. The van der Waals surface area contributed by atoms with Gasteiger partial charge in [0.15, 0.2) is 18.9 Å². The van der Waals surface area contributed by atoms with E-state index in [4.69, 9.17) is 28.4 Å². The predicted octanol–water partition coefficient (Wildman–Crippen LogP) is 16.7. The van der Waals surface area contributed by atoms with E-state index in [0.717, 1.165) is 44.9 Å². The minimum atomic E-state index is -1.98. The van der Waals surface area contributed by atoms with E-state index in [1.54, 1.807) is 6.08 Å². The lowest BCUT2D eigenvalue weighted by molar-refractivity contribution is -0.379. The summed E-state index contributed by atoms with van der Waals surface area (Å²) in [5.74, 6) is -0.265. The number of aliphatic hydroxyl groups excluding tert-OH is 11. The first-order chi connectivity index (χ1) is 51.8. The number of amides is 1. The van der Waals surface area contributed by atoms with Crippen molar-refractivity contribution in [3.8, 4) is 0 Å². The third-order valence-electron chi connectivity index (χ3n) is 22.8. The minimum absolute atomic E-state index is 0.250. The third-order valence-corrected chi connectivity index (χ3v) is 22.8. The van der Waals surface area contributed by atoms with E-state index in [9.17, 15) is 61.0 Å². The van der Waals surface area contributed by atoms with Crippen LogP contribution in [0.5, 0.6) is 0 Å². The Balaban J connectivity index is 1.28. The largest absolute Gasteiger partial charge is 0.394 e. The number of nitrogens with one attached hydrogen (secondary N) is 1. The van der Waals surface area contributed by atoms with Gasteiger partial charge in [0.25, 0.3) is 0 Å². The first kappa shape index (κ1) is 98.7. The Bertz CT molecular complexity index is 1960. The lowest BCUT2D eigenvalue weighted by Gasteiger charge is -2.48. The molecule has 3 aliphatic rings. The van der Waals surface area contributed by atoms with Gasteiger partial charge < -0.3 is 89.9 Å². The standard InChI is InChI=1S/C87H167NO18/c1-3-5-7-9-11-13-15-17-19-21-23-25-26-27-28-29-30-31-32-33-34-35-36-37-38-39-40-41-42-43-45-47-49-51-53-55-57-59-61-63-65-75(93)88-70(71(92)64-62-60-58-56-54-52-50-48-46-44-24-22-20-18-16-14-12-10-8-6-4-2)69-101-85-81(99)78(96)83(73(67-90)103-85)106-87-82(100)79(97)84(74(68-91)104-87)105-86-80(98)77(95)76(94)72(66-89)102-86/h62,64,70-74,76-87,89-92,94-100H,3-61,63,65-69H2,1-2H3,(H,88,93)/b64-62+. The summed E-state index contributed by atoms with van der Waals surface area (Å²) in [6, 6.07) is -0.971. The molecule has 0 aromatic rings. The molecule has 106 heavy (non-hydrogen) atoms. The molecule has 19 heteroatoms. The van der Waals surface area contributed by atoms with Gasteiger partial charge in [-0.3, -0.25) is 4.79 Å². The molecule has 19 nitrogen and oxygen atoms in total. The van der Waals surface area contributed by atoms with Gasteiger partial charge in [-0.1, -0.05) is 392 Å². The molecule has 628 valence electrons. The Kier molecular flexibility index (Phi) is 63.3. The van der Waals surface area contributed by atoms with Gasteiger partial charge in [0, 0.05) is 6.42 Å². The smallest absolute Gasteiger partial charge is 0.220 e. The summed E-state index contributed by atoms with van der Waals surface area (Å²) in [7, 11) is 0. The number of ether oxygens (including phenoxy) is 6. The molecule has 3 rings (SSSR count). The number of hydrogen-bond donors (Lipinski definition) is 12. The van der Waals surface area contributed by atoms with Crippen LogP contribution in [0.15, 0.2) is 12.2 Å². The van der Waals surface area contributed by atoms with Gasteiger partial charge in [0.2, 0.25) is 5.91 Å². The van der Waals surface area contributed by atoms with Gasteiger partial charge in [0.1, 0.15) is 73.2 Å². The maximum atomic E-state index is 13.5. The molecule has 0 aromatic carbocycles. The molecule has 0 spiro atoms. The van der Waals surface area contributed by atoms with Crippen LogP contribution in [0.4, 0.5) is 0 Å². The van der Waals surface area contributed by atoms with Crippen LogP contribution in [0, 0.1) is 0 Å². The topological polar surface area (TPSA) is 307 Å². The first-order valence-corrected chi connectivity index (χ1v) is 44.9. The second-order valence-corrected chi connectivity index (χ2v) is 32.4. The Morgan fingerprint density at radius 3 is 0.887 bits per heavy atom. The van der Waals surface area contributed by atoms with Crippen LogP contribution < -0.4 is 5.32 Å². The summed E-state index contributed by atoms with van der Waals surface area (Å²) < 4.78 is 34.5. The fourth-order valence-electron chi connectivity index (χ4n) is 15.7. The van der Waals surface area contributed by atoms with Crippen molar-refractivity contribution in [1.82, 2.24) is 5.32 Å². The van der Waals surface area contributed by atoms with Crippen molar-refractivity contribution in [2.75, 3.05) is 26.4 Å². The molecule has 3 saturated heterocycles. The van der Waals surface area contributed by atoms with Crippen LogP contribution in [-0.2, 0) is 33.2 Å². The van der Waals surface area contributed by atoms with Gasteiger partial charge in [0.05, 0.1) is 38.6 Å². The summed E-state index contributed by atoms with van der Waals surface area (Å²) in [6.07, 6.45) is 56.7. The summed E-state index contributed by atoms with van der Waals surface area (Å²) in [4.78, 5) is 13.5. The summed E-state index contributed by atoms with van der Waals surface area (Å²) in [5, 5.41) is 121. The summed E-state index contributed by atoms with van der Waals surface area (Å²) in [5.41, 5.74) is 0. The fraction of sp³-hybridized carbons (Fsp3) is 0.966. The number of aliphatic hydroxyl groups is 11. The SMILES string of the molecule is CCCCCCCCCCCCCCCCCCCCC/C=C/C(O)C(COC1OC(CO)C(OC2OC(CO)C(OC3OC(CO)C(O)C(O)C3O)C(O)C2O)C(O)C1O)NC(=O)CCCCCCCCCCCCCCCCCCCCCCCCCCCCCCCCCCCCCCCCCC. The molecule has 0 saturated carbocycles. The molecular formula is C87H167NO18. The highest BCUT2D eigenvalue weighted by Crippen LogP contribution is 2.34. The van der Waals surface area contributed by atoms with Crippen molar-refractivity contribution in [1.29, 1.82) is 0 Å². The van der Waals surface area contributed by atoms with Crippen molar-refractivity contribution in [3.63, 3.8) is 0 Å². The zero-order valence-electron chi connectivity index (χ0n) is 67.7. The molecular weight excluding hydrogens is 1350 g/mol. The Morgan fingerprint density at radius 2 is 0.585 bits per heavy atom. The van der Waals surface area contributed by atoms with E-state index < -0.39 is 124 Å².